The molecule has 14 heteroatoms. The molecule has 2 heterocycles. The summed E-state index contributed by atoms with van der Waals surface area (Å²) < 4.78 is 104. The second kappa shape index (κ2) is 12.8. The molecule has 0 radical (unpaired) electrons. The quantitative estimate of drug-likeness (QED) is 0.277. The van der Waals surface area contributed by atoms with Crippen LogP contribution in [-0.4, -0.2) is 47.5 Å². The number of carbonyl (C=O) groups is 2. The fourth-order valence-electron chi connectivity index (χ4n) is 4.38. The van der Waals surface area contributed by atoms with E-state index in [1.165, 1.54) is 35.4 Å². The first-order chi connectivity index (χ1) is 19.8. The van der Waals surface area contributed by atoms with E-state index in [0.29, 0.717) is 42.9 Å². The highest BCUT2D eigenvalue weighted by Crippen LogP contribution is 2.37. The Hall–Kier alpha value is -4.07. The van der Waals surface area contributed by atoms with Gasteiger partial charge < -0.3 is 24.3 Å². The van der Waals surface area contributed by atoms with Crippen LogP contribution in [0.1, 0.15) is 35.3 Å². The molecule has 42 heavy (non-hydrogen) atoms. The summed E-state index contributed by atoms with van der Waals surface area (Å²) in [6.45, 7) is -0.364. The number of urea groups is 1. The zero-order valence-corrected chi connectivity index (χ0v) is 22.0. The summed E-state index contributed by atoms with van der Waals surface area (Å²) in [5.41, 5.74) is -3.38. The van der Waals surface area contributed by atoms with Gasteiger partial charge in [-0.1, -0.05) is 12.1 Å². The van der Waals surface area contributed by atoms with Gasteiger partial charge in [0.25, 0.3) is 0 Å². The number of anilines is 1. The molecule has 0 aliphatic carbocycles. The monoisotopic (exact) mass is 601 g/mol. The summed E-state index contributed by atoms with van der Waals surface area (Å²) in [4.78, 5) is 29.1. The Morgan fingerprint density at radius 2 is 1.57 bits per heavy atom. The third-order valence-electron chi connectivity index (χ3n) is 6.47. The number of nitrogens with one attached hydrogen (secondary N) is 1. The van der Waals surface area contributed by atoms with Crippen LogP contribution in [0.15, 0.2) is 65.3 Å². The van der Waals surface area contributed by atoms with Crippen molar-refractivity contribution < 1.29 is 49.5 Å². The Labute approximate surface area is 235 Å². The fourth-order valence-corrected chi connectivity index (χ4v) is 4.38. The molecule has 1 saturated heterocycles. The van der Waals surface area contributed by atoms with Gasteiger partial charge in [-0.15, -0.1) is 0 Å². The van der Waals surface area contributed by atoms with Crippen molar-refractivity contribution in [2.45, 2.75) is 44.4 Å². The van der Waals surface area contributed by atoms with Crippen LogP contribution in [0.5, 0.6) is 0 Å². The third-order valence-corrected chi connectivity index (χ3v) is 6.47. The first kappa shape index (κ1) is 30.9. The van der Waals surface area contributed by atoms with Gasteiger partial charge in [0.15, 0.2) is 0 Å². The van der Waals surface area contributed by atoms with E-state index in [1.807, 2.05) is 0 Å². The second-order valence-electron chi connectivity index (χ2n) is 9.70. The van der Waals surface area contributed by atoms with Crippen molar-refractivity contribution in [2.24, 2.45) is 0 Å². The Balaban J connectivity index is 1.58. The highest BCUT2D eigenvalue weighted by atomic mass is 19.4. The van der Waals surface area contributed by atoms with Crippen LogP contribution in [0.2, 0.25) is 0 Å². The predicted molar refractivity (Wildman–Crippen MR) is 135 cm³/mol. The summed E-state index contributed by atoms with van der Waals surface area (Å²) in [5.74, 6) is -0.682. The van der Waals surface area contributed by atoms with Crippen LogP contribution < -0.4 is 5.32 Å². The van der Waals surface area contributed by atoms with E-state index in [9.17, 15) is 40.3 Å². The molecule has 4 rings (SSSR count). The van der Waals surface area contributed by atoms with E-state index in [-0.39, 0.29) is 25.7 Å². The number of ether oxygens (including phenoxy) is 1. The number of rotatable bonds is 9. The van der Waals surface area contributed by atoms with Gasteiger partial charge in [-0.05, 0) is 60.9 Å². The maximum absolute atomic E-state index is 13.5. The standard InChI is InChI=1S/C28H26F7N3O4/c29-21-7-5-18(6-8-21)14-37(15-23-3-1-9-41-23)25(39)17-38(16-24-4-2-10-42-24)26(40)36-22-12-19(27(30,31)32)11-20(13-22)28(33,34)35/h1,3,5-9,11-13,24H,2,4,10,14-17H2,(H,36,40). The zero-order valence-electron chi connectivity index (χ0n) is 22.0. The second-order valence-corrected chi connectivity index (χ2v) is 9.70. The molecule has 1 atom stereocenters. The SMILES string of the molecule is O=C(CN(CC1CCCO1)C(=O)Nc1cc(C(F)(F)F)cc(C(F)(F)F)c1)N(Cc1ccc(F)cc1)Cc1ccco1. The van der Waals surface area contributed by atoms with Gasteiger partial charge in [0, 0.05) is 25.4 Å². The third kappa shape index (κ3) is 8.47. The first-order valence-electron chi connectivity index (χ1n) is 12.8. The first-order valence-corrected chi connectivity index (χ1v) is 12.8. The summed E-state index contributed by atoms with van der Waals surface area (Å²) in [7, 11) is 0. The maximum atomic E-state index is 13.5. The molecule has 1 N–H and O–H groups in total. The molecule has 0 spiro atoms. The molecule has 2 aromatic carbocycles. The molecule has 0 saturated carbocycles. The van der Waals surface area contributed by atoms with Gasteiger partial charge in [-0.3, -0.25) is 4.79 Å². The van der Waals surface area contributed by atoms with Gasteiger partial charge in [0.1, 0.15) is 18.1 Å². The molecular formula is C28H26F7N3O4. The molecule has 1 aliphatic rings. The Kier molecular flexibility index (Phi) is 9.44. The van der Waals surface area contributed by atoms with Crippen molar-refractivity contribution in [2.75, 3.05) is 25.0 Å². The molecular weight excluding hydrogens is 575 g/mol. The van der Waals surface area contributed by atoms with E-state index < -0.39 is 59.6 Å². The molecule has 7 nitrogen and oxygen atoms in total. The summed E-state index contributed by atoms with van der Waals surface area (Å²) in [6, 6.07) is 8.23. The number of carbonyl (C=O) groups excluding carboxylic acids is 2. The number of hydrogen-bond donors (Lipinski definition) is 1. The number of amides is 3. The minimum atomic E-state index is -5.11. The number of furan rings is 1. The van der Waals surface area contributed by atoms with Gasteiger partial charge >= 0.3 is 18.4 Å². The smallest absolute Gasteiger partial charge is 0.416 e. The lowest BCUT2D eigenvalue weighted by Gasteiger charge is -2.29. The van der Waals surface area contributed by atoms with E-state index in [4.69, 9.17) is 9.15 Å². The lowest BCUT2D eigenvalue weighted by Crippen LogP contribution is -2.46. The molecule has 0 bridgehead atoms. The van der Waals surface area contributed by atoms with Gasteiger partial charge in [-0.2, -0.15) is 26.3 Å². The lowest BCUT2D eigenvalue weighted by molar-refractivity contribution is -0.143. The summed E-state index contributed by atoms with van der Waals surface area (Å²) >= 11 is 0. The van der Waals surface area contributed by atoms with Crippen LogP contribution in [0, 0.1) is 5.82 Å². The number of nitrogens with zero attached hydrogens (tertiary/aromatic N) is 2. The zero-order chi connectivity index (χ0) is 30.5. The van der Waals surface area contributed by atoms with E-state index in [0.717, 1.165) is 4.90 Å². The number of hydrogen-bond acceptors (Lipinski definition) is 4. The average Bonchev–Trinajstić information content (AvgIpc) is 3.62. The molecule has 3 amide bonds. The van der Waals surface area contributed by atoms with Crippen molar-refractivity contribution >= 4 is 17.6 Å². The Morgan fingerprint density at radius 1 is 0.905 bits per heavy atom. The fraction of sp³-hybridized carbons (Fsp3) is 0.357. The van der Waals surface area contributed by atoms with Gasteiger partial charge in [-0.25, -0.2) is 9.18 Å². The van der Waals surface area contributed by atoms with Gasteiger partial charge in [0.2, 0.25) is 5.91 Å². The molecule has 226 valence electrons. The van der Waals surface area contributed by atoms with Crippen LogP contribution in [0.25, 0.3) is 0 Å². The van der Waals surface area contributed by atoms with E-state index in [2.05, 4.69) is 5.32 Å². The average molecular weight is 602 g/mol. The molecule has 1 aromatic heterocycles. The topological polar surface area (TPSA) is 75.0 Å². The largest absolute Gasteiger partial charge is 0.467 e. The number of benzene rings is 2. The minimum absolute atomic E-state index is 0.00221. The van der Waals surface area contributed by atoms with Crippen molar-refractivity contribution in [3.63, 3.8) is 0 Å². The molecule has 3 aromatic rings. The minimum Gasteiger partial charge on any atom is -0.467 e. The van der Waals surface area contributed by atoms with E-state index >= 15 is 0 Å². The molecule has 1 unspecified atom stereocenters. The van der Waals surface area contributed by atoms with Crippen LogP contribution >= 0.6 is 0 Å². The number of alkyl halides is 6. The summed E-state index contributed by atoms with van der Waals surface area (Å²) in [6.07, 6.45) is -8.11. The molecule has 1 fully saturated rings. The van der Waals surface area contributed by atoms with Crippen LogP contribution in [-0.2, 0) is 35.0 Å². The normalized spacial score (nSPS) is 15.5. The van der Waals surface area contributed by atoms with Crippen LogP contribution in [0.3, 0.4) is 0 Å². The van der Waals surface area contributed by atoms with Crippen molar-refractivity contribution in [1.29, 1.82) is 0 Å². The van der Waals surface area contributed by atoms with Gasteiger partial charge in [0.05, 0.1) is 30.0 Å². The van der Waals surface area contributed by atoms with Crippen molar-refractivity contribution in [1.82, 2.24) is 9.80 Å². The van der Waals surface area contributed by atoms with Crippen LogP contribution in [0.4, 0.5) is 41.2 Å². The lowest BCUT2D eigenvalue weighted by atomic mass is 10.1. The van der Waals surface area contributed by atoms with E-state index in [1.54, 1.807) is 12.1 Å². The van der Waals surface area contributed by atoms with Crippen molar-refractivity contribution in [3.05, 3.63) is 89.1 Å². The highest BCUT2D eigenvalue weighted by molar-refractivity contribution is 5.92. The Morgan fingerprint density at radius 3 is 2.12 bits per heavy atom. The number of halogens is 7. The van der Waals surface area contributed by atoms with Crippen molar-refractivity contribution in [3.8, 4) is 0 Å². The maximum Gasteiger partial charge on any atom is 0.416 e. The highest BCUT2D eigenvalue weighted by Gasteiger charge is 2.37. The summed E-state index contributed by atoms with van der Waals surface area (Å²) in [5, 5.41) is 2.09. The molecule has 1 aliphatic heterocycles. The predicted octanol–water partition coefficient (Wildman–Crippen LogP) is 6.70. The Bertz CT molecular complexity index is 1320.